The van der Waals surface area contributed by atoms with E-state index in [0.29, 0.717) is 11.6 Å². The number of anilines is 1. The Morgan fingerprint density at radius 1 is 1.30 bits per heavy atom. The van der Waals surface area contributed by atoms with E-state index in [0.717, 1.165) is 6.42 Å². The zero-order valence-corrected chi connectivity index (χ0v) is 13.2. The van der Waals surface area contributed by atoms with Crippen molar-refractivity contribution < 1.29 is 4.79 Å². The Bertz CT molecular complexity index is 815. The minimum Gasteiger partial charge on any atom is -0.321 e. The van der Waals surface area contributed by atoms with Crippen LogP contribution in [0.1, 0.15) is 23.0 Å². The van der Waals surface area contributed by atoms with E-state index in [1.54, 1.807) is 23.3 Å². The van der Waals surface area contributed by atoms with Crippen molar-refractivity contribution in [3.8, 4) is 5.95 Å². The van der Waals surface area contributed by atoms with Gasteiger partial charge in [-0.05, 0) is 24.1 Å². The van der Waals surface area contributed by atoms with Gasteiger partial charge in [0.25, 0.3) is 5.91 Å². The predicted octanol–water partition coefficient (Wildman–Crippen LogP) is 3.13. The van der Waals surface area contributed by atoms with Crippen LogP contribution in [0.2, 0.25) is 5.02 Å². The van der Waals surface area contributed by atoms with E-state index in [1.807, 2.05) is 24.3 Å². The summed E-state index contributed by atoms with van der Waals surface area (Å²) >= 11 is 6.06. The highest BCUT2D eigenvalue weighted by Crippen LogP contribution is 2.17. The van der Waals surface area contributed by atoms with Crippen LogP contribution in [0.15, 0.2) is 49.2 Å². The van der Waals surface area contributed by atoms with Gasteiger partial charge in [-0.2, -0.15) is 0 Å². The molecule has 0 radical (unpaired) electrons. The molecule has 3 aromatic rings. The lowest BCUT2D eigenvalue weighted by atomic mass is 10.1. The SMILES string of the molecule is CCc1ccc(NC(=O)c2nc(-n3ccnc3)ncc2Cl)cc1. The number of imidazole rings is 1. The van der Waals surface area contributed by atoms with E-state index in [9.17, 15) is 4.79 Å². The lowest BCUT2D eigenvalue weighted by Gasteiger charge is -2.08. The first kappa shape index (κ1) is 15.2. The number of hydrogen-bond donors (Lipinski definition) is 1. The second-order valence-electron chi connectivity index (χ2n) is 4.84. The third kappa shape index (κ3) is 3.37. The number of amides is 1. The van der Waals surface area contributed by atoms with Crippen LogP contribution in [-0.2, 0) is 6.42 Å². The molecule has 7 heteroatoms. The van der Waals surface area contributed by atoms with E-state index < -0.39 is 0 Å². The largest absolute Gasteiger partial charge is 0.321 e. The fourth-order valence-corrected chi connectivity index (χ4v) is 2.21. The highest BCUT2D eigenvalue weighted by Gasteiger charge is 2.15. The molecule has 0 spiro atoms. The molecule has 0 saturated heterocycles. The summed E-state index contributed by atoms with van der Waals surface area (Å²) in [5.74, 6) is -0.0543. The molecule has 6 nitrogen and oxygen atoms in total. The van der Waals surface area contributed by atoms with Crippen LogP contribution in [0.5, 0.6) is 0 Å². The quantitative estimate of drug-likeness (QED) is 0.799. The van der Waals surface area contributed by atoms with Crippen LogP contribution in [0.25, 0.3) is 5.95 Å². The lowest BCUT2D eigenvalue weighted by Crippen LogP contribution is -2.16. The second-order valence-corrected chi connectivity index (χ2v) is 5.25. The summed E-state index contributed by atoms with van der Waals surface area (Å²) in [6.45, 7) is 2.08. The van der Waals surface area contributed by atoms with E-state index >= 15 is 0 Å². The Balaban J connectivity index is 1.85. The van der Waals surface area contributed by atoms with Gasteiger partial charge in [-0.1, -0.05) is 30.7 Å². The molecule has 1 amide bonds. The molecule has 2 aromatic heterocycles. The Labute approximate surface area is 138 Å². The molecule has 2 heterocycles. The number of nitrogens with zero attached hydrogens (tertiary/aromatic N) is 4. The molecule has 0 bridgehead atoms. The van der Waals surface area contributed by atoms with Crippen molar-refractivity contribution in [3.05, 3.63) is 65.5 Å². The number of rotatable bonds is 4. The summed E-state index contributed by atoms with van der Waals surface area (Å²) in [5.41, 5.74) is 2.00. The van der Waals surface area contributed by atoms with E-state index in [4.69, 9.17) is 11.6 Å². The summed E-state index contributed by atoms with van der Waals surface area (Å²) in [7, 11) is 0. The van der Waals surface area contributed by atoms with Gasteiger partial charge in [-0.3, -0.25) is 9.36 Å². The fraction of sp³-hybridized carbons (Fsp3) is 0.125. The molecule has 1 aromatic carbocycles. The first-order valence-electron chi connectivity index (χ1n) is 7.08. The van der Waals surface area contributed by atoms with Crippen molar-refractivity contribution in [1.82, 2.24) is 19.5 Å². The molecule has 1 N–H and O–H groups in total. The van der Waals surface area contributed by atoms with Gasteiger partial charge in [0.05, 0.1) is 11.2 Å². The molecule has 116 valence electrons. The van der Waals surface area contributed by atoms with Gasteiger partial charge in [-0.25, -0.2) is 15.0 Å². The maximum Gasteiger partial charge on any atom is 0.276 e. The molecule has 0 saturated carbocycles. The van der Waals surface area contributed by atoms with Crippen molar-refractivity contribution in [1.29, 1.82) is 0 Å². The normalized spacial score (nSPS) is 10.5. The second kappa shape index (κ2) is 6.58. The average Bonchev–Trinajstić information content (AvgIpc) is 3.10. The van der Waals surface area contributed by atoms with Crippen molar-refractivity contribution in [2.45, 2.75) is 13.3 Å². The summed E-state index contributed by atoms with van der Waals surface area (Å²) in [6, 6.07) is 7.63. The van der Waals surface area contributed by atoms with Crippen molar-refractivity contribution >= 4 is 23.2 Å². The molecule has 0 atom stereocenters. The van der Waals surface area contributed by atoms with E-state index in [-0.39, 0.29) is 16.6 Å². The third-order valence-electron chi connectivity index (χ3n) is 3.30. The molecule has 3 rings (SSSR count). The van der Waals surface area contributed by atoms with Crippen molar-refractivity contribution in [2.75, 3.05) is 5.32 Å². The molecule has 23 heavy (non-hydrogen) atoms. The van der Waals surface area contributed by atoms with Crippen molar-refractivity contribution in [3.63, 3.8) is 0 Å². The first-order valence-corrected chi connectivity index (χ1v) is 7.46. The first-order chi connectivity index (χ1) is 11.2. The van der Waals surface area contributed by atoms with Gasteiger partial charge < -0.3 is 5.32 Å². The third-order valence-corrected chi connectivity index (χ3v) is 3.58. The monoisotopic (exact) mass is 327 g/mol. The van der Waals surface area contributed by atoms with Gasteiger partial charge >= 0.3 is 0 Å². The number of benzene rings is 1. The number of aromatic nitrogens is 4. The van der Waals surface area contributed by atoms with Crippen LogP contribution >= 0.6 is 11.6 Å². The molecule has 0 fully saturated rings. The molecule has 0 aliphatic heterocycles. The highest BCUT2D eigenvalue weighted by atomic mass is 35.5. The smallest absolute Gasteiger partial charge is 0.276 e. The number of hydrogen-bond acceptors (Lipinski definition) is 4. The summed E-state index contributed by atoms with van der Waals surface area (Å²) in [5, 5.41) is 2.98. The van der Waals surface area contributed by atoms with E-state index in [1.165, 1.54) is 11.8 Å². The Morgan fingerprint density at radius 3 is 2.74 bits per heavy atom. The topological polar surface area (TPSA) is 72.7 Å². The summed E-state index contributed by atoms with van der Waals surface area (Å²) in [6.07, 6.45) is 7.19. The number of carbonyl (C=O) groups excluding carboxylic acids is 1. The number of aryl methyl sites for hydroxylation is 1. The predicted molar refractivity (Wildman–Crippen MR) is 87.9 cm³/mol. The zero-order chi connectivity index (χ0) is 16.2. The Morgan fingerprint density at radius 2 is 2.09 bits per heavy atom. The number of carbonyl (C=O) groups is 1. The molecule has 0 aliphatic carbocycles. The zero-order valence-electron chi connectivity index (χ0n) is 12.4. The van der Waals surface area contributed by atoms with Crippen LogP contribution < -0.4 is 5.32 Å². The minimum absolute atomic E-state index is 0.116. The number of halogens is 1. The van der Waals surface area contributed by atoms with E-state index in [2.05, 4.69) is 27.2 Å². The van der Waals surface area contributed by atoms with Gasteiger partial charge in [0, 0.05) is 18.1 Å². The van der Waals surface area contributed by atoms with Gasteiger partial charge in [0.1, 0.15) is 6.33 Å². The summed E-state index contributed by atoms with van der Waals surface area (Å²) < 4.78 is 1.60. The summed E-state index contributed by atoms with van der Waals surface area (Å²) in [4.78, 5) is 24.6. The standard InChI is InChI=1S/C16H14ClN5O/c1-2-11-3-5-12(6-4-11)20-15(23)14-13(17)9-19-16(21-14)22-8-7-18-10-22/h3-10H,2H2,1H3,(H,20,23). The van der Waals surface area contributed by atoms with Gasteiger partial charge in [0.15, 0.2) is 5.69 Å². The Kier molecular flexibility index (Phi) is 4.34. The maximum absolute atomic E-state index is 12.4. The van der Waals surface area contributed by atoms with Crippen molar-refractivity contribution in [2.24, 2.45) is 0 Å². The molecule has 0 unspecified atom stereocenters. The number of nitrogens with one attached hydrogen (secondary N) is 1. The van der Waals surface area contributed by atoms with Gasteiger partial charge in [-0.15, -0.1) is 0 Å². The minimum atomic E-state index is -0.386. The molecular formula is C16H14ClN5O. The van der Waals surface area contributed by atoms with Crippen LogP contribution in [0.3, 0.4) is 0 Å². The highest BCUT2D eigenvalue weighted by molar-refractivity contribution is 6.33. The van der Waals surface area contributed by atoms with Crippen LogP contribution in [-0.4, -0.2) is 25.4 Å². The van der Waals surface area contributed by atoms with Crippen LogP contribution in [0, 0.1) is 0 Å². The molecular weight excluding hydrogens is 314 g/mol. The maximum atomic E-state index is 12.4. The average molecular weight is 328 g/mol. The molecule has 0 aliphatic rings. The van der Waals surface area contributed by atoms with Crippen LogP contribution in [0.4, 0.5) is 5.69 Å². The fourth-order valence-electron chi connectivity index (χ4n) is 2.03. The lowest BCUT2D eigenvalue weighted by molar-refractivity contribution is 0.102. The van der Waals surface area contributed by atoms with Gasteiger partial charge in [0.2, 0.25) is 5.95 Å². The Hall–Kier alpha value is -2.73.